The summed E-state index contributed by atoms with van der Waals surface area (Å²) < 4.78 is 5.98. The van der Waals surface area contributed by atoms with Crippen LogP contribution in [0.5, 0.6) is 0 Å². The molecule has 0 radical (unpaired) electrons. The minimum absolute atomic E-state index is 0.253. The van der Waals surface area contributed by atoms with Crippen LogP contribution in [0.4, 0.5) is 5.00 Å². The topological polar surface area (TPSA) is 98.5 Å². The number of nitrogens with two attached hydrogens (primary N) is 1. The molecule has 0 spiro atoms. The fraction of sp³-hybridized carbons (Fsp3) is 0.211. The van der Waals surface area contributed by atoms with Crippen LogP contribution in [-0.4, -0.2) is 24.4 Å². The number of aryl methyl sites for hydroxylation is 1. The highest BCUT2D eigenvalue weighted by Crippen LogP contribution is 2.39. The monoisotopic (exact) mass is 434 g/mol. The van der Waals surface area contributed by atoms with Gasteiger partial charge >= 0.3 is 5.97 Å². The molecule has 28 heavy (non-hydrogen) atoms. The number of carbonyl (C=O) groups is 3. The molecule has 1 aliphatic carbocycles. The first-order chi connectivity index (χ1) is 13.5. The zero-order valence-electron chi connectivity index (χ0n) is 14.5. The third-order valence-electron chi connectivity index (χ3n) is 4.48. The summed E-state index contributed by atoms with van der Waals surface area (Å²) in [5, 5.41) is 4.14. The van der Waals surface area contributed by atoms with E-state index in [2.05, 4.69) is 5.32 Å². The first kappa shape index (κ1) is 18.9. The molecule has 0 bridgehead atoms. The second-order valence-electron chi connectivity index (χ2n) is 6.29. The fourth-order valence-electron chi connectivity index (χ4n) is 3.26. The number of carbonyl (C=O) groups excluding carboxylic acids is 3. The summed E-state index contributed by atoms with van der Waals surface area (Å²) in [6.45, 7) is -0.482. The van der Waals surface area contributed by atoms with E-state index >= 15 is 0 Å². The van der Waals surface area contributed by atoms with Gasteiger partial charge in [0.1, 0.15) is 9.88 Å². The van der Waals surface area contributed by atoms with Crippen LogP contribution < -0.4 is 11.1 Å². The SMILES string of the molecule is NC(=O)c1c(NC(=O)COC(=O)c2sc3ccccc3c2Cl)sc2c1CCC2. The number of primary amides is 1. The highest BCUT2D eigenvalue weighted by atomic mass is 35.5. The van der Waals surface area contributed by atoms with Crippen LogP contribution in [0.1, 0.15) is 36.9 Å². The van der Waals surface area contributed by atoms with Gasteiger partial charge in [0, 0.05) is 15.0 Å². The third kappa shape index (κ3) is 3.39. The van der Waals surface area contributed by atoms with Crippen molar-refractivity contribution in [3.8, 4) is 0 Å². The number of halogens is 1. The largest absolute Gasteiger partial charge is 0.451 e. The molecule has 144 valence electrons. The average molecular weight is 435 g/mol. The van der Waals surface area contributed by atoms with E-state index in [-0.39, 0.29) is 4.88 Å². The summed E-state index contributed by atoms with van der Waals surface area (Å²) in [7, 11) is 0. The van der Waals surface area contributed by atoms with Gasteiger partial charge in [-0.25, -0.2) is 4.79 Å². The zero-order valence-corrected chi connectivity index (χ0v) is 16.9. The van der Waals surface area contributed by atoms with Crippen LogP contribution in [0.2, 0.25) is 5.02 Å². The first-order valence-electron chi connectivity index (χ1n) is 8.54. The Labute approximate surface area is 173 Å². The molecule has 2 amide bonds. The molecule has 0 fully saturated rings. The maximum absolute atomic E-state index is 12.3. The van der Waals surface area contributed by atoms with Gasteiger partial charge in [-0.05, 0) is 30.9 Å². The number of amides is 2. The van der Waals surface area contributed by atoms with E-state index in [1.54, 1.807) is 0 Å². The van der Waals surface area contributed by atoms with Gasteiger partial charge in [0.2, 0.25) is 0 Å². The van der Waals surface area contributed by atoms with Crippen molar-refractivity contribution >= 4 is 67.1 Å². The first-order valence-corrected chi connectivity index (χ1v) is 10.5. The average Bonchev–Trinajstić information content (AvgIpc) is 3.33. The quantitative estimate of drug-likeness (QED) is 0.593. The van der Waals surface area contributed by atoms with E-state index < -0.39 is 24.4 Å². The molecule has 1 aliphatic rings. The molecule has 0 saturated carbocycles. The Morgan fingerprint density at radius 3 is 2.71 bits per heavy atom. The number of nitrogens with one attached hydrogen (secondary N) is 1. The summed E-state index contributed by atoms with van der Waals surface area (Å²) in [5.41, 5.74) is 6.76. The Bertz CT molecular complexity index is 1120. The Hall–Kier alpha value is -2.42. The number of rotatable bonds is 5. The molecule has 0 saturated heterocycles. The lowest BCUT2D eigenvalue weighted by Gasteiger charge is -2.07. The Kier molecular flexibility index (Phi) is 5.09. The number of esters is 1. The van der Waals surface area contributed by atoms with Crippen LogP contribution in [-0.2, 0) is 22.4 Å². The van der Waals surface area contributed by atoms with Crippen molar-refractivity contribution in [2.45, 2.75) is 19.3 Å². The van der Waals surface area contributed by atoms with Gasteiger partial charge in [0.05, 0.1) is 10.6 Å². The van der Waals surface area contributed by atoms with Crippen LogP contribution in [0.3, 0.4) is 0 Å². The summed E-state index contributed by atoms with van der Waals surface area (Å²) >= 11 is 8.82. The van der Waals surface area contributed by atoms with Crippen molar-refractivity contribution < 1.29 is 19.1 Å². The Morgan fingerprint density at radius 1 is 1.18 bits per heavy atom. The predicted octanol–water partition coefficient (Wildman–Crippen LogP) is 4.00. The summed E-state index contributed by atoms with van der Waals surface area (Å²) in [6.07, 6.45) is 2.62. The van der Waals surface area contributed by atoms with Crippen molar-refractivity contribution in [2.24, 2.45) is 5.73 Å². The van der Waals surface area contributed by atoms with Crippen LogP contribution in [0.25, 0.3) is 10.1 Å². The maximum atomic E-state index is 12.3. The summed E-state index contributed by atoms with van der Waals surface area (Å²) in [5.74, 6) is -1.76. The van der Waals surface area contributed by atoms with E-state index in [1.165, 1.54) is 22.7 Å². The number of benzene rings is 1. The second kappa shape index (κ2) is 7.54. The molecular formula is C19H15ClN2O4S2. The van der Waals surface area contributed by atoms with Crippen molar-refractivity contribution in [3.63, 3.8) is 0 Å². The minimum Gasteiger partial charge on any atom is -0.451 e. The maximum Gasteiger partial charge on any atom is 0.350 e. The highest BCUT2D eigenvalue weighted by molar-refractivity contribution is 7.21. The number of hydrogen-bond acceptors (Lipinski definition) is 6. The molecule has 2 heterocycles. The standard InChI is InChI=1S/C19H15ClN2O4S2/c20-15-10-4-1-2-6-12(10)27-16(15)19(25)26-8-13(23)22-18-14(17(21)24)9-5-3-7-11(9)28-18/h1-2,4,6H,3,5,7-8H2,(H2,21,24)(H,22,23). The summed E-state index contributed by atoms with van der Waals surface area (Å²) in [4.78, 5) is 37.7. The molecule has 3 N–H and O–H groups in total. The molecule has 2 aromatic heterocycles. The highest BCUT2D eigenvalue weighted by Gasteiger charge is 2.26. The minimum atomic E-state index is -0.662. The molecule has 4 rings (SSSR count). The number of hydrogen-bond donors (Lipinski definition) is 2. The van der Waals surface area contributed by atoms with Crippen LogP contribution >= 0.6 is 34.3 Å². The molecule has 0 aliphatic heterocycles. The zero-order chi connectivity index (χ0) is 19.8. The van der Waals surface area contributed by atoms with Gasteiger partial charge < -0.3 is 15.8 Å². The Balaban J connectivity index is 1.44. The smallest absolute Gasteiger partial charge is 0.350 e. The van der Waals surface area contributed by atoms with Crippen molar-refractivity contribution in [2.75, 3.05) is 11.9 Å². The third-order valence-corrected chi connectivity index (χ3v) is 7.34. The van der Waals surface area contributed by atoms with Crippen molar-refractivity contribution in [3.05, 3.63) is 50.2 Å². The van der Waals surface area contributed by atoms with Crippen LogP contribution in [0, 0.1) is 0 Å². The van der Waals surface area contributed by atoms with E-state index in [0.717, 1.165) is 39.8 Å². The van der Waals surface area contributed by atoms with E-state index in [0.29, 0.717) is 15.6 Å². The van der Waals surface area contributed by atoms with Gasteiger partial charge in [-0.1, -0.05) is 29.8 Å². The van der Waals surface area contributed by atoms with Crippen LogP contribution in [0.15, 0.2) is 24.3 Å². The van der Waals surface area contributed by atoms with Gasteiger partial charge in [-0.15, -0.1) is 22.7 Å². The molecule has 6 nitrogen and oxygen atoms in total. The lowest BCUT2D eigenvalue weighted by atomic mass is 10.1. The lowest BCUT2D eigenvalue weighted by Crippen LogP contribution is -2.22. The molecular weight excluding hydrogens is 420 g/mol. The van der Waals surface area contributed by atoms with Crippen molar-refractivity contribution in [1.82, 2.24) is 0 Å². The molecule has 3 aromatic rings. The fourth-order valence-corrected chi connectivity index (χ4v) is 5.97. The molecule has 1 aromatic carbocycles. The van der Waals surface area contributed by atoms with Crippen molar-refractivity contribution in [1.29, 1.82) is 0 Å². The Morgan fingerprint density at radius 2 is 1.96 bits per heavy atom. The predicted molar refractivity (Wildman–Crippen MR) is 111 cm³/mol. The molecule has 9 heteroatoms. The normalized spacial score (nSPS) is 12.8. The summed E-state index contributed by atoms with van der Waals surface area (Å²) in [6, 6.07) is 7.36. The second-order valence-corrected chi connectivity index (χ2v) is 8.83. The van der Waals surface area contributed by atoms with Gasteiger partial charge in [-0.2, -0.15) is 0 Å². The molecule has 0 atom stereocenters. The van der Waals surface area contributed by atoms with E-state index in [4.69, 9.17) is 22.1 Å². The van der Waals surface area contributed by atoms with Gasteiger partial charge in [-0.3, -0.25) is 9.59 Å². The number of thiophene rings is 2. The van der Waals surface area contributed by atoms with E-state index in [1.807, 2.05) is 24.3 Å². The number of ether oxygens (including phenoxy) is 1. The number of fused-ring (bicyclic) bond motifs is 2. The van der Waals surface area contributed by atoms with Gasteiger partial charge in [0.15, 0.2) is 6.61 Å². The van der Waals surface area contributed by atoms with E-state index in [9.17, 15) is 14.4 Å². The molecule has 0 unspecified atom stereocenters. The van der Waals surface area contributed by atoms with Gasteiger partial charge in [0.25, 0.3) is 11.8 Å². The lowest BCUT2D eigenvalue weighted by molar-refractivity contribution is -0.119. The number of anilines is 1.